The topological polar surface area (TPSA) is 35.5 Å². The molecule has 1 atom stereocenters. The highest BCUT2D eigenvalue weighted by molar-refractivity contribution is 6.50. The van der Waals surface area contributed by atoms with E-state index in [0.29, 0.717) is 0 Å². The summed E-state index contributed by atoms with van der Waals surface area (Å²) in [6, 6.07) is 0. The van der Waals surface area contributed by atoms with Crippen molar-refractivity contribution in [3.8, 4) is 0 Å². The molecule has 0 saturated carbocycles. The second kappa shape index (κ2) is 4.66. The molecule has 9 heavy (non-hydrogen) atoms. The van der Waals surface area contributed by atoms with Crippen molar-refractivity contribution < 1.29 is 13.6 Å². The van der Waals surface area contributed by atoms with Gasteiger partial charge in [-0.15, -0.1) is 0 Å². The predicted octanol–water partition coefficient (Wildman–Crippen LogP) is 0.0887. The van der Waals surface area contributed by atoms with Crippen LogP contribution in [0.3, 0.4) is 0 Å². The third-order valence-electron chi connectivity index (χ3n) is 1.11. The molecule has 0 N–H and O–H groups in total. The molecule has 0 aliphatic heterocycles. The third kappa shape index (κ3) is 2.74. The summed E-state index contributed by atoms with van der Waals surface area (Å²) in [4.78, 5) is 10.1. The van der Waals surface area contributed by atoms with Crippen LogP contribution in [0.2, 0.25) is 5.54 Å². The average Bonchev–Trinajstić information content (AvgIpc) is 1.90. The van der Waals surface area contributed by atoms with Crippen molar-refractivity contribution in [1.82, 2.24) is 0 Å². The largest absolute Gasteiger partial charge is 0.400 e. The van der Waals surface area contributed by atoms with Crippen LogP contribution < -0.4 is 0 Å². The van der Waals surface area contributed by atoms with Crippen LogP contribution >= 0.6 is 0 Å². The first-order valence-corrected chi connectivity index (χ1v) is 4.38. The second-order valence-corrected chi connectivity index (χ2v) is 4.57. The zero-order valence-electron chi connectivity index (χ0n) is 5.96. The molecular weight excluding hydrogens is 136 g/mol. The van der Waals surface area contributed by atoms with Crippen LogP contribution in [0.15, 0.2) is 0 Å². The van der Waals surface area contributed by atoms with E-state index in [4.69, 9.17) is 8.85 Å². The van der Waals surface area contributed by atoms with Crippen LogP contribution in [0, 0.1) is 0 Å². The van der Waals surface area contributed by atoms with E-state index < -0.39 is 9.28 Å². The van der Waals surface area contributed by atoms with Crippen molar-refractivity contribution in [2.24, 2.45) is 0 Å². The first kappa shape index (κ1) is 8.81. The summed E-state index contributed by atoms with van der Waals surface area (Å²) in [6.07, 6.45) is 0.865. The number of rotatable bonds is 4. The fraction of sp³-hybridized carbons (Fsp3) is 0.800. The van der Waals surface area contributed by atoms with E-state index in [9.17, 15) is 4.79 Å². The Bertz CT molecular complexity index is 82.3. The Labute approximate surface area is 56.8 Å². The van der Waals surface area contributed by atoms with Gasteiger partial charge in [0.25, 0.3) is 0 Å². The lowest BCUT2D eigenvalue weighted by Crippen LogP contribution is -2.25. The van der Waals surface area contributed by atoms with Crippen LogP contribution in [0.1, 0.15) is 6.92 Å². The predicted molar refractivity (Wildman–Crippen MR) is 36.7 cm³/mol. The molecule has 0 aliphatic carbocycles. The van der Waals surface area contributed by atoms with Gasteiger partial charge in [-0.3, -0.25) is 0 Å². The minimum absolute atomic E-state index is 0.0556. The van der Waals surface area contributed by atoms with Crippen molar-refractivity contribution in [3.05, 3.63) is 0 Å². The van der Waals surface area contributed by atoms with Crippen molar-refractivity contribution in [2.75, 3.05) is 14.2 Å². The summed E-state index contributed by atoms with van der Waals surface area (Å²) in [5.74, 6) is 0. The molecule has 0 saturated heterocycles. The molecule has 1 unspecified atom stereocenters. The standard InChI is InChI=1S/C5H12O3Si/c1-5(4-6)9(7-2)8-3/h4-5,9H,1-3H3. The summed E-state index contributed by atoms with van der Waals surface area (Å²) in [5.41, 5.74) is -0.0556. The summed E-state index contributed by atoms with van der Waals surface area (Å²) in [7, 11) is 1.49. The first-order chi connectivity index (χ1) is 4.26. The van der Waals surface area contributed by atoms with Gasteiger partial charge in [0.05, 0.1) is 5.54 Å². The van der Waals surface area contributed by atoms with E-state index in [1.165, 1.54) is 0 Å². The number of hydrogen-bond donors (Lipinski definition) is 0. The zero-order valence-corrected chi connectivity index (χ0v) is 7.11. The fourth-order valence-electron chi connectivity index (χ4n) is 0.590. The van der Waals surface area contributed by atoms with Crippen LogP contribution in [0.25, 0.3) is 0 Å². The lowest BCUT2D eigenvalue weighted by Gasteiger charge is -2.12. The van der Waals surface area contributed by atoms with Gasteiger partial charge in [0, 0.05) is 14.2 Å². The van der Waals surface area contributed by atoms with Crippen molar-refractivity contribution in [2.45, 2.75) is 12.5 Å². The first-order valence-electron chi connectivity index (χ1n) is 2.77. The summed E-state index contributed by atoms with van der Waals surface area (Å²) >= 11 is 0. The summed E-state index contributed by atoms with van der Waals surface area (Å²) in [5, 5.41) is 0. The Balaban J connectivity index is 3.63. The van der Waals surface area contributed by atoms with Crippen molar-refractivity contribution in [1.29, 1.82) is 0 Å². The van der Waals surface area contributed by atoms with Crippen molar-refractivity contribution in [3.63, 3.8) is 0 Å². The summed E-state index contributed by atoms with van der Waals surface area (Å²) in [6.45, 7) is 1.80. The monoisotopic (exact) mass is 148 g/mol. The average molecular weight is 148 g/mol. The Hall–Kier alpha value is -0.193. The molecule has 4 heteroatoms. The van der Waals surface area contributed by atoms with E-state index >= 15 is 0 Å². The molecule has 0 radical (unpaired) electrons. The Kier molecular flexibility index (Phi) is 4.56. The smallest absolute Gasteiger partial charge is 0.331 e. The third-order valence-corrected chi connectivity index (χ3v) is 3.05. The molecule has 0 aromatic heterocycles. The van der Waals surface area contributed by atoms with E-state index in [-0.39, 0.29) is 5.54 Å². The molecule has 0 heterocycles. The quantitative estimate of drug-likeness (QED) is 0.418. The van der Waals surface area contributed by atoms with Crippen LogP contribution in [0.4, 0.5) is 0 Å². The number of carbonyl (C=O) groups is 1. The SMILES string of the molecule is CO[SiH](OC)C(C)C=O. The highest BCUT2D eigenvalue weighted by atomic mass is 28.3. The van der Waals surface area contributed by atoms with Gasteiger partial charge in [-0.25, -0.2) is 0 Å². The van der Waals surface area contributed by atoms with Gasteiger partial charge < -0.3 is 13.6 Å². The normalized spacial score (nSPS) is 13.8. The molecule has 3 nitrogen and oxygen atoms in total. The maximum absolute atomic E-state index is 10.1. The van der Waals surface area contributed by atoms with Gasteiger partial charge in [0.2, 0.25) is 0 Å². The maximum Gasteiger partial charge on any atom is 0.331 e. The highest BCUT2D eigenvalue weighted by Crippen LogP contribution is 2.04. The van der Waals surface area contributed by atoms with Gasteiger partial charge in [-0.05, 0) is 0 Å². The van der Waals surface area contributed by atoms with E-state index in [0.717, 1.165) is 6.29 Å². The minimum atomic E-state index is -1.65. The van der Waals surface area contributed by atoms with E-state index in [1.54, 1.807) is 21.1 Å². The molecule has 0 spiro atoms. The van der Waals surface area contributed by atoms with Gasteiger partial charge >= 0.3 is 9.28 Å². The lowest BCUT2D eigenvalue weighted by molar-refractivity contribution is -0.108. The Morgan fingerprint density at radius 3 is 2.00 bits per heavy atom. The molecule has 54 valence electrons. The highest BCUT2D eigenvalue weighted by Gasteiger charge is 2.17. The van der Waals surface area contributed by atoms with E-state index in [1.807, 2.05) is 0 Å². The van der Waals surface area contributed by atoms with Gasteiger partial charge in [-0.2, -0.15) is 0 Å². The number of carbonyl (C=O) groups excluding carboxylic acids is 1. The molecule has 0 aliphatic rings. The molecule has 0 amide bonds. The fourth-order valence-corrected chi connectivity index (χ4v) is 1.77. The molecular formula is C5H12O3Si. The van der Waals surface area contributed by atoms with Crippen LogP contribution in [0.5, 0.6) is 0 Å². The van der Waals surface area contributed by atoms with Crippen LogP contribution in [-0.4, -0.2) is 29.8 Å². The van der Waals surface area contributed by atoms with Gasteiger partial charge in [-0.1, -0.05) is 6.92 Å². The number of aldehydes is 1. The molecule has 0 aromatic rings. The van der Waals surface area contributed by atoms with Gasteiger partial charge in [0.15, 0.2) is 0 Å². The molecule has 0 aromatic carbocycles. The second-order valence-electron chi connectivity index (χ2n) is 1.83. The Morgan fingerprint density at radius 1 is 1.44 bits per heavy atom. The number of hydrogen-bond acceptors (Lipinski definition) is 3. The van der Waals surface area contributed by atoms with Gasteiger partial charge in [0.1, 0.15) is 6.29 Å². The van der Waals surface area contributed by atoms with Crippen molar-refractivity contribution >= 4 is 15.6 Å². The minimum Gasteiger partial charge on any atom is -0.400 e. The molecule has 0 rings (SSSR count). The van der Waals surface area contributed by atoms with Crippen LogP contribution in [-0.2, 0) is 13.6 Å². The molecule has 0 fully saturated rings. The lowest BCUT2D eigenvalue weighted by atomic mass is 10.5. The molecule has 0 bridgehead atoms. The Morgan fingerprint density at radius 2 is 1.89 bits per heavy atom. The maximum atomic E-state index is 10.1. The zero-order chi connectivity index (χ0) is 7.28. The van der Waals surface area contributed by atoms with E-state index in [2.05, 4.69) is 0 Å². The summed E-state index contributed by atoms with van der Waals surface area (Å²) < 4.78 is 9.88.